The minimum absolute atomic E-state index is 0.187. The van der Waals surface area contributed by atoms with E-state index in [-0.39, 0.29) is 23.4 Å². The second-order valence-electron chi connectivity index (χ2n) is 6.91. The number of halogens is 1. The summed E-state index contributed by atoms with van der Waals surface area (Å²) in [6.07, 6.45) is 5.06. The topological polar surface area (TPSA) is 137 Å². The van der Waals surface area contributed by atoms with Gasteiger partial charge in [-0.1, -0.05) is 23.7 Å². The van der Waals surface area contributed by atoms with Crippen molar-refractivity contribution in [1.29, 1.82) is 0 Å². The maximum Gasteiger partial charge on any atom is 0.240 e. The largest absolute Gasteiger partial charge is 0.383 e. The van der Waals surface area contributed by atoms with E-state index in [2.05, 4.69) is 25.3 Å². The number of hydrogen-bond acceptors (Lipinski definition) is 7. The Morgan fingerprint density at radius 2 is 1.86 bits per heavy atom. The first-order chi connectivity index (χ1) is 13.9. The van der Waals surface area contributed by atoms with Crippen molar-refractivity contribution in [2.24, 2.45) is 0 Å². The highest BCUT2D eigenvalue weighted by atomic mass is 35.5. The van der Waals surface area contributed by atoms with Crippen molar-refractivity contribution in [3.05, 3.63) is 59.0 Å². The average molecular weight is 407 g/mol. The number of aromatic nitrogens is 5. The van der Waals surface area contributed by atoms with Gasteiger partial charge in [-0.3, -0.25) is 4.79 Å². The van der Waals surface area contributed by atoms with Gasteiger partial charge in [-0.15, -0.1) is 0 Å². The van der Waals surface area contributed by atoms with Gasteiger partial charge in [0.1, 0.15) is 22.7 Å². The number of imidazole rings is 1. The predicted molar refractivity (Wildman–Crippen MR) is 109 cm³/mol. The maximum absolute atomic E-state index is 12.9. The van der Waals surface area contributed by atoms with Gasteiger partial charge in [0, 0.05) is 23.6 Å². The molecule has 10 heteroatoms. The van der Waals surface area contributed by atoms with Crippen LogP contribution >= 0.6 is 11.6 Å². The molecule has 0 spiro atoms. The van der Waals surface area contributed by atoms with Crippen LogP contribution in [0.1, 0.15) is 18.1 Å². The zero-order valence-electron chi connectivity index (χ0n) is 15.2. The first kappa shape index (κ1) is 17.4. The number of hydrogen-bond donors (Lipinski definition) is 3. The number of carbonyl (C=O) groups excluding carboxylic acids is 1. The van der Waals surface area contributed by atoms with Gasteiger partial charge in [-0.25, -0.2) is 19.9 Å². The van der Waals surface area contributed by atoms with Crippen LogP contribution in [-0.4, -0.2) is 30.2 Å². The van der Waals surface area contributed by atoms with Gasteiger partial charge in [0.25, 0.3) is 0 Å². The van der Waals surface area contributed by atoms with E-state index < -0.39 is 5.41 Å². The summed E-state index contributed by atoms with van der Waals surface area (Å²) in [5.74, 6) is 0.785. The third-order valence-corrected chi connectivity index (χ3v) is 5.43. The number of nitrogen functional groups attached to an aromatic ring is 2. The lowest BCUT2D eigenvalue weighted by Gasteiger charge is -2.23. The van der Waals surface area contributed by atoms with E-state index >= 15 is 0 Å². The number of nitrogens with one attached hydrogen (secondary N) is 1. The van der Waals surface area contributed by atoms with Gasteiger partial charge in [0.05, 0.1) is 5.56 Å². The highest BCUT2D eigenvalue weighted by Gasteiger charge is 2.47. The predicted octanol–water partition coefficient (Wildman–Crippen LogP) is 2.26. The van der Waals surface area contributed by atoms with Crippen molar-refractivity contribution in [1.82, 2.24) is 24.3 Å². The Kier molecular flexibility index (Phi) is 3.53. The SMILES string of the molecule is CC1(c2ccc(Cl)cc2)C(=O)Nc2nc(-c3cn4ccnc4c(N)n3)nc(N)c21. The summed E-state index contributed by atoms with van der Waals surface area (Å²) in [6.45, 7) is 1.78. The Hall–Kier alpha value is -3.72. The van der Waals surface area contributed by atoms with E-state index in [1.165, 1.54) is 0 Å². The fourth-order valence-electron chi connectivity index (χ4n) is 3.64. The van der Waals surface area contributed by atoms with Crippen LogP contribution in [0, 0.1) is 0 Å². The van der Waals surface area contributed by atoms with Gasteiger partial charge in [-0.2, -0.15) is 0 Å². The van der Waals surface area contributed by atoms with E-state index in [1.807, 2.05) is 0 Å². The van der Waals surface area contributed by atoms with Crippen molar-refractivity contribution in [3.63, 3.8) is 0 Å². The molecule has 5 N–H and O–H groups in total. The monoisotopic (exact) mass is 406 g/mol. The second kappa shape index (κ2) is 5.89. The van der Waals surface area contributed by atoms with Crippen molar-refractivity contribution in [3.8, 4) is 11.5 Å². The number of nitrogens with two attached hydrogens (primary N) is 2. The van der Waals surface area contributed by atoms with Crippen molar-refractivity contribution in [2.75, 3.05) is 16.8 Å². The molecule has 0 aliphatic carbocycles. The van der Waals surface area contributed by atoms with Crippen LogP contribution in [-0.2, 0) is 10.2 Å². The fourth-order valence-corrected chi connectivity index (χ4v) is 3.77. The van der Waals surface area contributed by atoms with Crippen molar-refractivity contribution >= 4 is 40.6 Å². The third kappa shape index (κ3) is 2.44. The zero-order chi connectivity index (χ0) is 20.3. The Morgan fingerprint density at radius 3 is 2.62 bits per heavy atom. The second-order valence-corrected chi connectivity index (χ2v) is 7.35. The molecule has 1 amide bonds. The van der Waals surface area contributed by atoms with Gasteiger partial charge in [0.15, 0.2) is 17.3 Å². The van der Waals surface area contributed by atoms with Crippen LogP contribution in [0.2, 0.25) is 5.02 Å². The van der Waals surface area contributed by atoms with E-state index in [4.69, 9.17) is 23.1 Å². The number of benzene rings is 1. The minimum Gasteiger partial charge on any atom is -0.383 e. The number of anilines is 3. The molecule has 1 aliphatic rings. The lowest BCUT2D eigenvalue weighted by molar-refractivity contribution is -0.119. The molecule has 9 nitrogen and oxygen atoms in total. The standard InChI is InChI=1S/C19H15ClN8O/c1-19(9-2-4-10(20)5-3-9)12-13(21)25-15(26-16(12)27-18(19)29)11-8-28-7-6-23-17(28)14(22)24-11/h2-8H,1H3,(H2,22,24)(H3,21,25,26,27,29). The number of nitrogens with zero attached hydrogens (tertiary/aromatic N) is 5. The first-order valence-corrected chi connectivity index (χ1v) is 9.11. The summed E-state index contributed by atoms with van der Waals surface area (Å²) in [7, 11) is 0. The highest BCUT2D eigenvalue weighted by Crippen LogP contribution is 2.45. The Balaban J connectivity index is 1.67. The number of rotatable bonds is 2. The lowest BCUT2D eigenvalue weighted by atomic mass is 9.78. The number of amides is 1. The summed E-state index contributed by atoms with van der Waals surface area (Å²) < 4.78 is 1.72. The molecule has 0 radical (unpaired) electrons. The van der Waals surface area contributed by atoms with Crippen LogP contribution in [0.5, 0.6) is 0 Å². The average Bonchev–Trinajstić information content (AvgIpc) is 3.26. The maximum atomic E-state index is 12.9. The van der Waals surface area contributed by atoms with E-state index in [9.17, 15) is 4.79 Å². The van der Waals surface area contributed by atoms with Crippen LogP contribution in [0.15, 0.2) is 42.9 Å². The molecule has 5 rings (SSSR count). The summed E-state index contributed by atoms with van der Waals surface area (Å²) in [6, 6.07) is 7.04. The summed E-state index contributed by atoms with van der Waals surface area (Å²) in [5.41, 5.74) is 13.4. The van der Waals surface area contributed by atoms with Gasteiger partial charge in [0.2, 0.25) is 5.91 Å². The zero-order valence-corrected chi connectivity index (χ0v) is 16.0. The van der Waals surface area contributed by atoms with Gasteiger partial charge >= 0.3 is 0 Å². The smallest absolute Gasteiger partial charge is 0.240 e. The van der Waals surface area contributed by atoms with Crippen LogP contribution < -0.4 is 16.8 Å². The molecule has 0 fully saturated rings. The highest BCUT2D eigenvalue weighted by molar-refractivity contribution is 6.30. The van der Waals surface area contributed by atoms with E-state index in [0.717, 1.165) is 5.56 Å². The molecule has 0 saturated heterocycles. The summed E-state index contributed by atoms with van der Waals surface area (Å²) in [5, 5.41) is 3.40. The molecule has 0 saturated carbocycles. The van der Waals surface area contributed by atoms with Crippen molar-refractivity contribution in [2.45, 2.75) is 12.3 Å². The molecule has 29 heavy (non-hydrogen) atoms. The van der Waals surface area contributed by atoms with Crippen LogP contribution in [0.4, 0.5) is 17.5 Å². The lowest BCUT2D eigenvalue weighted by Crippen LogP contribution is -2.32. The van der Waals surface area contributed by atoms with Gasteiger partial charge < -0.3 is 21.2 Å². The first-order valence-electron chi connectivity index (χ1n) is 8.73. The van der Waals surface area contributed by atoms with Crippen LogP contribution in [0.3, 0.4) is 0 Å². The Labute approximate surface area is 169 Å². The molecular formula is C19H15ClN8O. The fraction of sp³-hybridized carbons (Fsp3) is 0.105. The van der Waals surface area contributed by atoms with E-state index in [0.29, 0.717) is 27.7 Å². The molecule has 1 atom stereocenters. The number of carbonyl (C=O) groups is 1. The Morgan fingerprint density at radius 1 is 1.10 bits per heavy atom. The molecule has 0 bridgehead atoms. The summed E-state index contributed by atoms with van der Waals surface area (Å²) in [4.78, 5) is 30.3. The number of fused-ring (bicyclic) bond motifs is 2. The molecular weight excluding hydrogens is 392 g/mol. The quantitative estimate of drug-likeness (QED) is 0.464. The minimum atomic E-state index is -1.04. The summed E-state index contributed by atoms with van der Waals surface area (Å²) >= 11 is 5.99. The third-order valence-electron chi connectivity index (χ3n) is 5.17. The molecule has 4 aromatic rings. The Bertz CT molecular complexity index is 1300. The van der Waals surface area contributed by atoms with Gasteiger partial charge in [-0.05, 0) is 24.6 Å². The molecule has 1 aliphatic heterocycles. The van der Waals surface area contributed by atoms with Crippen molar-refractivity contribution < 1.29 is 4.79 Å². The molecule has 1 unspecified atom stereocenters. The van der Waals surface area contributed by atoms with E-state index in [1.54, 1.807) is 54.2 Å². The molecule has 3 aromatic heterocycles. The van der Waals surface area contributed by atoms with Crippen LogP contribution in [0.25, 0.3) is 17.2 Å². The molecule has 144 valence electrons. The molecule has 1 aromatic carbocycles. The normalized spacial score (nSPS) is 18.1. The molecule has 4 heterocycles.